The number of carbonyl (C=O) groups is 1. The van der Waals surface area contributed by atoms with Crippen molar-refractivity contribution in [3.05, 3.63) is 71.8 Å². The maximum absolute atomic E-state index is 12.2. The summed E-state index contributed by atoms with van der Waals surface area (Å²) in [7, 11) is 1.69. The van der Waals surface area contributed by atoms with E-state index in [0.29, 0.717) is 6.54 Å². The Hall–Kier alpha value is -2.04. The Kier molecular flexibility index (Phi) is 7.29. The standard InChI is InChI=1S/C21H25NO2S/c1-4-21(24-2,18-8-6-5-7-9-18)16-22-20(23)15-12-17-10-13-19(25-3)14-11-17/h5-15H,4,16H2,1-3H3,(H,22,23)/b15-12+. The van der Waals surface area contributed by atoms with Crippen LogP contribution in [0.25, 0.3) is 6.08 Å². The van der Waals surface area contributed by atoms with Crippen molar-refractivity contribution in [3.63, 3.8) is 0 Å². The number of nitrogens with one attached hydrogen (secondary N) is 1. The molecule has 0 fully saturated rings. The van der Waals surface area contributed by atoms with E-state index in [-0.39, 0.29) is 5.91 Å². The summed E-state index contributed by atoms with van der Waals surface area (Å²) >= 11 is 1.70. The highest BCUT2D eigenvalue weighted by Gasteiger charge is 2.30. The maximum Gasteiger partial charge on any atom is 0.244 e. The third kappa shape index (κ3) is 5.21. The molecule has 0 aromatic heterocycles. The molecule has 0 radical (unpaired) electrons. The van der Waals surface area contributed by atoms with Crippen LogP contribution in [0, 0.1) is 0 Å². The number of methoxy groups -OCH3 is 1. The minimum atomic E-state index is -0.509. The molecule has 1 unspecified atom stereocenters. The van der Waals surface area contributed by atoms with Crippen molar-refractivity contribution in [2.24, 2.45) is 0 Å². The van der Waals surface area contributed by atoms with Crippen molar-refractivity contribution in [3.8, 4) is 0 Å². The number of carbonyl (C=O) groups excluding carboxylic acids is 1. The molecule has 3 nitrogen and oxygen atoms in total. The van der Waals surface area contributed by atoms with E-state index in [1.54, 1.807) is 24.9 Å². The van der Waals surface area contributed by atoms with Crippen LogP contribution in [0.15, 0.2) is 65.6 Å². The number of hydrogen-bond acceptors (Lipinski definition) is 3. The summed E-state index contributed by atoms with van der Waals surface area (Å²) in [5.41, 5.74) is 1.56. The minimum absolute atomic E-state index is 0.125. The van der Waals surface area contributed by atoms with Crippen LogP contribution in [-0.4, -0.2) is 25.8 Å². The summed E-state index contributed by atoms with van der Waals surface area (Å²) in [5.74, 6) is -0.125. The number of benzene rings is 2. The molecular formula is C21H25NO2S. The number of amides is 1. The van der Waals surface area contributed by atoms with Gasteiger partial charge >= 0.3 is 0 Å². The number of hydrogen-bond donors (Lipinski definition) is 1. The van der Waals surface area contributed by atoms with Gasteiger partial charge < -0.3 is 10.1 Å². The van der Waals surface area contributed by atoms with Gasteiger partial charge in [-0.2, -0.15) is 0 Å². The molecule has 1 atom stereocenters. The minimum Gasteiger partial charge on any atom is -0.372 e. The second kappa shape index (κ2) is 9.44. The van der Waals surface area contributed by atoms with Gasteiger partial charge in [0.15, 0.2) is 0 Å². The highest BCUT2D eigenvalue weighted by molar-refractivity contribution is 7.98. The summed E-state index contributed by atoms with van der Waals surface area (Å²) in [6.45, 7) is 2.49. The third-order valence-corrected chi connectivity index (χ3v) is 5.10. The highest BCUT2D eigenvalue weighted by atomic mass is 32.2. The second-order valence-corrected chi connectivity index (χ2v) is 6.62. The maximum atomic E-state index is 12.2. The Labute approximate surface area is 154 Å². The molecule has 25 heavy (non-hydrogen) atoms. The summed E-state index contributed by atoms with van der Waals surface area (Å²) in [4.78, 5) is 13.4. The zero-order chi connectivity index (χ0) is 18.1. The van der Waals surface area contributed by atoms with E-state index in [4.69, 9.17) is 4.74 Å². The lowest BCUT2D eigenvalue weighted by Gasteiger charge is -2.32. The normalized spacial score (nSPS) is 13.6. The van der Waals surface area contributed by atoms with Crippen LogP contribution in [0.1, 0.15) is 24.5 Å². The summed E-state index contributed by atoms with van der Waals surface area (Å²) < 4.78 is 5.77. The van der Waals surface area contributed by atoms with E-state index in [1.165, 1.54) is 4.90 Å². The quantitative estimate of drug-likeness (QED) is 0.560. The largest absolute Gasteiger partial charge is 0.372 e. The van der Waals surface area contributed by atoms with Crippen molar-refractivity contribution >= 4 is 23.7 Å². The molecule has 2 aromatic carbocycles. The molecule has 0 saturated carbocycles. The number of rotatable bonds is 8. The fourth-order valence-electron chi connectivity index (χ4n) is 2.68. The van der Waals surface area contributed by atoms with E-state index in [9.17, 15) is 4.79 Å². The average Bonchev–Trinajstić information content (AvgIpc) is 2.69. The summed E-state index contributed by atoms with van der Waals surface area (Å²) in [6, 6.07) is 18.1. The van der Waals surface area contributed by atoms with Gasteiger partial charge in [-0.05, 0) is 42.0 Å². The van der Waals surface area contributed by atoms with E-state index < -0.39 is 5.60 Å². The second-order valence-electron chi connectivity index (χ2n) is 5.74. The number of ether oxygens (including phenoxy) is 1. The van der Waals surface area contributed by atoms with Crippen molar-refractivity contribution < 1.29 is 9.53 Å². The first-order chi connectivity index (χ1) is 12.1. The smallest absolute Gasteiger partial charge is 0.244 e. The Bertz CT molecular complexity index is 692. The lowest BCUT2D eigenvalue weighted by atomic mass is 9.90. The molecular weight excluding hydrogens is 330 g/mol. The summed E-state index contributed by atoms with van der Waals surface area (Å²) in [5, 5.41) is 2.96. The lowest BCUT2D eigenvalue weighted by Crippen LogP contribution is -2.41. The Morgan fingerprint density at radius 1 is 1.16 bits per heavy atom. The van der Waals surface area contributed by atoms with E-state index in [0.717, 1.165) is 17.5 Å². The van der Waals surface area contributed by atoms with Gasteiger partial charge in [-0.25, -0.2) is 0 Å². The first-order valence-corrected chi connectivity index (χ1v) is 9.56. The molecule has 132 valence electrons. The fraction of sp³-hybridized carbons (Fsp3) is 0.286. The molecule has 0 aliphatic carbocycles. The first-order valence-electron chi connectivity index (χ1n) is 8.34. The SMILES string of the molecule is CCC(CNC(=O)/C=C/c1ccc(SC)cc1)(OC)c1ccccc1. The predicted molar refractivity (Wildman–Crippen MR) is 106 cm³/mol. The van der Waals surface area contributed by atoms with Gasteiger partial charge in [0.1, 0.15) is 5.60 Å². The zero-order valence-electron chi connectivity index (χ0n) is 15.0. The Morgan fingerprint density at radius 3 is 2.40 bits per heavy atom. The van der Waals surface area contributed by atoms with E-state index in [2.05, 4.69) is 12.2 Å². The topological polar surface area (TPSA) is 38.3 Å². The first kappa shape index (κ1) is 19.3. The third-order valence-electron chi connectivity index (χ3n) is 4.35. The van der Waals surface area contributed by atoms with Crippen molar-refractivity contribution in [2.45, 2.75) is 23.8 Å². The molecule has 0 bridgehead atoms. The van der Waals surface area contributed by atoms with Crippen molar-refractivity contribution in [1.82, 2.24) is 5.32 Å². The molecule has 0 aliphatic heterocycles. The van der Waals surface area contributed by atoms with Crippen LogP contribution in [0.4, 0.5) is 0 Å². The molecule has 0 spiro atoms. The van der Waals surface area contributed by atoms with Gasteiger partial charge in [-0.1, -0.05) is 49.4 Å². The average molecular weight is 356 g/mol. The van der Waals surface area contributed by atoms with Crippen LogP contribution < -0.4 is 5.32 Å². The van der Waals surface area contributed by atoms with Crippen LogP contribution in [-0.2, 0) is 15.1 Å². The van der Waals surface area contributed by atoms with Gasteiger partial charge in [0, 0.05) is 18.1 Å². The monoisotopic (exact) mass is 355 g/mol. The lowest BCUT2D eigenvalue weighted by molar-refractivity contribution is -0.118. The Balaban J connectivity index is 2.00. The van der Waals surface area contributed by atoms with Crippen LogP contribution in [0.3, 0.4) is 0 Å². The molecule has 0 saturated heterocycles. The number of thioether (sulfide) groups is 1. The van der Waals surface area contributed by atoms with Gasteiger partial charge in [0.05, 0.1) is 6.54 Å². The molecule has 0 aliphatic rings. The molecule has 2 rings (SSSR count). The molecule has 4 heteroatoms. The van der Waals surface area contributed by atoms with Crippen LogP contribution >= 0.6 is 11.8 Å². The molecule has 2 aromatic rings. The zero-order valence-corrected chi connectivity index (χ0v) is 15.8. The Morgan fingerprint density at radius 2 is 1.84 bits per heavy atom. The van der Waals surface area contributed by atoms with Gasteiger partial charge in [0.2, 0.25) is 5.91 Å². The van der Waals surface area contributed by atoms with Crippen LogP contribution in [0.2, 0.25) is 0 Å². The fourth-order valence-corrected chi connectivity index (χ4v) is 3.09. The predicted octanol–water partition coefficient (Wildman–Crippen LogP) is 4.49. The molecule has 1 N–H and O–H groups in total. The summed E-state index contributed by atoms with van der Waals surface area (Å²) in [6.07, 6.45) is 6.20. The van der Waals surface area contributed by atoms with E-state index >= 15 is 0 Å². The highest BCUT2D eigenvalue weighted by Crippen LogP contribution is 2.28. The van der Waals surface area contributed by atoms with Gasteiger partial charge in [-0.3, -0.25) is 4.79 Å². The molecule has 1 amide bonds. The molecule has 0 heterocycles. The van der Waals surface area contributed by atoms with Crippen LogP contribution in [0.5, 0.6) is 0 Å². The van der Waals surface area contributed by atoms with Gasteiger partial charge in [-0.15, -0.1) is 11.8 Å². The van der Waals surface area contributed by atoms with E-state index in [1.807, 2.05) is 66.9 Å². The van der Waals surface area contributed by atoms with Crippen molar-refractivity contribution in [2.75, 3.05) is 19.9 Å². The van der Waals surface area contributed by atoms with Crippen molar-refractivity contribution in [1.29, 1.82) is 0 Å². The van der Waals surface area contributed by atoms with Gasteiger partial charge in [0.25, 0.3) is 0 Å².